The van der Waals surface area contributed by atoms with Crippen LogP contribution in [0.3, 0.4) is 0 Å². The monoisotopic (exact) mass is 307 g/mol. The minimum absolute atomic E-state index is 0.0300. The van der Waals surface area contributed by atoms with Crippen LogP contribution < -0.4 is 5.73 Å². The van der Waals surface area contributed by atoms with E-state index in [0.29, 0.717) is 11.1 Å². The van der Waals surface area contributed by atoms with Gasteiger partial charge in [0.2, 0.25) is 10.0 Å². The summed E-state index contributed by atoms with van der Waals surface area (Å²) in [4.78, 5) is 0. The summed E-state index contributed by atoms with van der Waals surface area (Å²) in [6.07, 6.45) is 3.40. The van der Waals surface area contributed by atoms with Gasteiger partial charge in [-0.3, -0.25) is 0 Å². The van der Waals surface area contributed by atoms with Crippen LogP contribution >= 0.6 is 0 Å². The molecule has 0 atom stereocenters. The molecule has 0 unspecified atom stereocenters. The van der Waals surface area contributed by atoms with Gasteiger partial charge in [-0.1, -0.05) is 12.1 Å². The van der Waals surface area contributed by atoms with Crippen molar-refractivity contribution in [2.75, 3.05) is 7.05 Å². The standard InChI is InChI=1S/C15H21N3O2S/c1-18(15-8-6-14(17)7-9-15)21(19,20)11-13-4-2-12(10-16)3-5-13/h2-5,14-15H,6-9,11,17H2,1H3. The first kappa shape index (κ1) is 16.0. The Morgan fingerprint density at radius 2 is 1.81 bits per heavy atom. The molecule has 0 radical (unpaired) electrons. The maximum atomic E-state index is 12.5. The van der Waals surface area contributed by atoms with Crippen LogP contribution in [-0.4, -0.2) is 31.9 Å². The van der Waals surface area contributed by atoms with Crippen molar-refractivity contribution in [1.29, 1.82) is 5.26 Å². The smallest absolute Gasteiger partial charge is 0.218 e. The Morgan fingerprint density at radius 1 is 1.24 bits per heavy atom. The summed E-state index contributed by atoms with van der Waals surface area (Å²) in [5.74, 6) is -0.0300. The lowest BCUT2D eigenvalue weighted by molar-refractivity contribution is 0.268. The van der Waals surface area contributed by atoms with E-state index in [1.165, 1.54) is 4.31 Å². The van der Waals surface area contributed by atoms with E-state index in [1.807, 2.05) is 6.07 Å². The minimum atomic E-state index is -3.34. The van der Waals surface area contributed by atoms with Gasteiger partial charge in [0.1, 0.15) is 0 Å². The molecule has 21 heavy (non-hydrogen) atoms. The van der Waals surface area contributed by atoms with Gasteiger partial charge in [-0.2, -0.15) is 5.26 Å². The molecule has 1 aromatic rings. The molecule has 0 saturated heterocycles. The van der Waals surface area contributed by atoms with Crippen LogP contribution in [0.1, 0.15) is 36.8 Å². The lowest BCUT2D eigenvalue weighted by Crippen LogP contribution is -2.42. The van der Waals surface area contributed by atoms with Gasteiger partial charge in [-0.05, 0) is 43.4 Å². The number of sulfonamides is 1. The van der Waals surface area contributed by atoms with Gasteiger partial charge in [0.05, 0.1) is 17.4 Å². The molecular weight excluding hydrogens is 286 g/mol. The first-order chi connectivity index (χ1) is 9.92. The Labute approximate surface area is 126 Å². The molecule has 0 heterocycles. The molecule has 2 N–H and O–H groups in total. The molecule has 1 aromatic carbocycles. The number of nitrogens with two attached hydrogens (primary N) is 1. The Morgan fingerprint density at radius 3 is 2.33 bits per heavy atom. The highest BCUT2D eigenvalue weighted by molar-refractivity contribution is 7.88. The van der Waals surface area contributed by atoms with Crippen LogP contribution in [0, 0.1) is 11.3 Å². The molecule has 1 aliphatic carbocycles. The first-order valence-electron chi connectivity index (χ1n) is 7.12. The molecule has 0 aliphatic heterocycles. The molecule has 1 aliphatic rings. The molecule has 5 nitrogen and oxygen atoms in total. The summed E-state index contributed by atoms with van der Waals surface area (Å²) < 4.78 is 26.4. The van der Waals surface area contributed by atoms with Crippen LogP contribution in [-0.2, 0) is 15.8 Å². The topological polar surface area (TPSA) is 87.2 Å². The largest absolute Gasteiger partial charge is 0.328 e. The maximum absolute atomic E-state index is 12.5. The fourth-order valence-electron chi connectivity index (χ4n) is 2.68. The lowest BCUT2D eigenvalue weighted by Gasteiger charge is -2.32. The third kappa shape index (κ3) is 4.03. The Balaban J connectivity index is 2.05. The van der Waals surface area contributed by atoms with Gasteiger partial charge in [0.25, 0.3) is 0 Å². The second-order valence-corrected chi connectivity index (χ2v) is 7.68. The Kier molecular flexibility index (Phi) is 4.99. The molecule has 0 bridgehead atoms. The SMILES string of the molecule is CN(C1CCC(N)CC1)S(=O)(=O)Cc1ccc(C#N)cc1. The van der Waals surface area contributed by atoms with E-state index in [4.69, 9.17) is 11.0 Å². The van der Waals surface area contributed by atoms with Gasteiger partial charge >= 0.3 is 0 Å². The minimum Gasteiger partial charge on any atom is -0.328 e. The molecule has 1 fully saturated rings. The highest BCUT2D eigenvalue weighted by Crippen LogP contribution is 2.24. The van der Waals surface area contributed by atoms with E-state index in [0.717, 1.165) is 25.7 Å². The predicted molar refractivity (Wildman–Crippen MR) is 81.8 cm³/mol. The first-order valence-corrected chi connectivity index (χ1v) is 8.73. The third-order valence-electron chi connectivity index (χ3n) is 4.13. The zero-order chi connectivity index (χ0) is 15.5. The van der Waals surface area contributed by atoms with Crippen LogP contribution in [0.5, 0.6) is 0 Å². The van der Waals surface area contributed by atoms with Gasteiger partial charge in [-0.25, -0.2) is 12.7 Å². The summed E-state index contributed by atoms with van der Waals surface area (Å²) in [6.45, 7) is 0. The number of nitriles is 1. The third-order valence-corrected chi connectivity index (χ3v) is 6.00. The molecule has 0 amide bonds. The second kappa shape index (κ2) is 6.56. The number of nitrogens with zero attached hydrogens (tertiary/aromatic N) is 2. The van der Waals surface area contributed by atoms with Gasteiger partial charge in [0, 0.05) is 19.1 Å². The average Bonchev–Trinajstić information content (AvgIpc) is 2.48. The number of benzene rings is 1. The molecule has 2 rings (SSSR count). The van der Waals surface area contributed by atoms with E-state index in [1.54, 1.807) is 31.3 Å². The maximum Gasteiger partial charge on any atom is 0.218 e. The highest BCUT2D eigenvalue weighted by atomic mass is 32.2. The normalized spacial score (nSPS) is 23.0. The van der Waals surface area contributed by atoms with E-state index in [2.05, 4.69) is 0 Å². The van der Waals surface area contributed by atoms with E-state index in [-0.39, 0.29) is 17.8 Å². The molecule has 0 spiro atoms. The molecule has 1 saturated carbocycles. The van der Waals surface area contributed by atoms with Crippen molar-refractivity contribution >= 4 is 10.0 Å². The highest BCUT2D eigenvalue weighted by Gasteiger charge is 2.29. The van der Waals surface area contributed by atoms with Crippen LogP contribution in [0.25, 0.3) is 0 Å². The van der Waals surface area contributed by atoms with Gasteiger partial charge in [-0.15, -0.1) is 0 Å². The summed E-state index contributed by atoms with van der Waals surface area (Å²) in [6, 6.07) is 8.95. The van der Waals surface area contributed by atoms with E-state index < -0.39 is 10.0 Å². The van der Waals surface area contributed by atoms with Crippen LogP contribution in [0.4, 0.5) is 0 Å². The number of rotatable bonds is 4. The van der Waals surface area contributed by atoms with Crippen molar-refractivity contribution < 1.29 is 8.42 Å². The van der Waals surface area contributed by atoms with Gasteiger partial charge in [0.15, 0.2) is 0 Å². The van der Waals surface area contributed by atoms with E-state index in [9.17, 15) is 8.42 Å². The average molecular weight is 307 g/mol. The summed E-state index contributed by atoms with van der Waals surface area (Å²) >= 11 is 0. The lowest BCUT2D eigenvalue weighted by atomic mass is 9.92. The van der Waals surface area contributed by atoms with Gasteiger partial charge < -0.3 is 5.73 Å². The fraction of sp³-hybridized carbons (Fsp3) is 0.533. The molecular formula is C15H21N3O2S. The van der Waals surface area contributed by atoms with Crippen molar-refractivity contribution in [3.05, 3.63) is 35.4 Å². The number of hydrogen-bond acceptors (Lipinski definition) is 4. The van der Waals surface area contributed by atoms with Crippen molar-refractivity contribution in [3.63, 3.8) is 0 Å². The Bertz CT molecular complexity index is 611. The summed E-state index contributed by atoms with van der Waals surface area (Å²) in [7, 11) is -1.69. The molecule has 6 heteroatoms. The van der Waals surface area contributed by atoms with Crippen molar-refractivity contribution in [3.8, 4) is 6.07 Å². The zero-order valence-corrected chi connectivity index (χ0v) is 13.0. The zero-order valence-electron chi connectivity index (χ0n) is 12.2. The Hall–Kier alpha value is -1.42. The molecule has 114 valence electrons. The predicted octanol–water partition coefficient (Wildman–Crippen LogP) is 1.59. The van der Waals surface area contributed by atoms with Crippen LogP contribution in [0.2, 0.25) is 0 Å². The summed E-state index contributed by atoms with van der Waals surface area (Å²) in [5.41, 5.74) is 7.10. The fourth-order valence-corrected chi connectivity index (χ4v) is 4.16. The van der Waals surface area contributed by atoms with E-state index >= 15 is 0 Å². The second-order valence-electron chi connectivity index (χ2n) is 5.65. The van der Waals surface area contributed by atoms with Crippen molar-refractivity contribution in [2.45, 2.75) is 43.5 Å². The van der Waals surface area contributed by atoms with Crippen molar-refractivity contribution in [2.24, 2.45) is 5.73 Å². The number of hydrogen-bond donors (Lipinski definition) is 1. The quantitative estimate of drug-likeness (QED) is 0.915. The van der Waals surface area contributed by atoms with Crippen molar-refractivity contribution in [1.82, 2.24) is 4.31 Å². The van der Waals surface area contributed by atoms with Crippen LogP contribution in [0.15, 0.2) is 24.3 Å². The summed E-state index contributed by atoms with van der Waals surface area (Å²) in [5, 5.41) is 8.75. The molecule has 0 aromatic heterocycles.